The number of nitriles is 1. The van der Waals surface area contributed by atoms with Crippen LogP contribution in [0, 0.1) is 11.5 Å². The van der Waals surface area contributed by atoms with Crippen molar-refractivity contribution in [3.05, 3.63) is 30.6 Å². The molecule has 8 nitrogen and oxygen atoms in total. The Hall–Kier alpha value is -2.92. The maximum absolute atomic E-state index is 12.8. The van der Waals surface area contributed by atoms with Gasteiger partial charge in [-0.15, -0.1) is 0 Å². The number of hydrogen-bond acceptors (Lipinski definition) is 6. The average molecular weight is 323 g/mol. The number of rotatable bonds is 2. The first-order chi connectivity index (χ1) is 11.8. The van der Waals surface area contributed by atoms with E-state index in [1.54, 1.807) is 22.2 Å². The molecule has 1 N–H and O–H groups in total. The highest BCUT2D eigenvalue weighted by Crippen LogP contribution is 2.23. The van der Waals surface area contributed by atoms with E-state index in [4.69, 9.17) is 5.26 Å². The minimum Gasteiger partial charge on any atom is -0.307 e. The maximum atomic E-state index is 12.8. The molecule has 0 unspecified atom stereocenters. The first-order valence-electron chi connectivity index (χ1n) is 7.92. The molecule has 0 spiro atoms. The molecule has 8 heteroatoms. The summed E-state index contributed by atoms with van der Waals surface area (Å²) in [6.07, 6.45) is 5.58. The number of fused-ring (bicyclic) bond motifs is 1. The minimum absolute atomic E-state index is 0.0167. The lowest BCUT2D eigenvalue weighted by Gasteiger charge is -2.44. The van der Waals surface area contributed by atoms with Crippen molar-refractivity contribution in [2.75, 3.05) is 37.6 Å². The van der Waals surface area contributed by atoms with Crippen molar-refractivity contribution in [3.63, 3.8) is 0 Å². The van der Waals surface area contributed by atoms with E-state index < -0.39 is 0 Å². The van der Waals surface area contributed by atoms with Crippen molar-refractivity contribution < 1.29 is 4.79 Å². The number of aromatic amines is 1. The smallest absolute Gasteiger partial charge is 0.247 e. The van der Waals surface area contributed by atoms with E-state index in [1.165, 1.54) is 0 Å². The molecule has 2 aromatic heterocycles. The van der Waals surface area contributed by atoms with Crippen molar-refractivity contribution >= 4 is 11.7 Å². The Morgan fingerprint density at radius 3 is 2.79 bits per heavy atom. The van der Waals surface area contributed by atoms with Crippen LogP contribution in [-0.4, -0.2) is 69.7 Å². The van der Waals surface area contributed by atoms with Crippen molar-refractivity contribution in [1.29, 1.82) is 5.26 Å². The van der Waals surface area contributed by atoms with E-state index in [9.17, 15) is 4.79 Å². The third kappa shape index (κ3) is 2.49. The molecule has 4 rings (SSSR count). The van der Waals surface area contributed by atoms with Crippen molar-refractivity contribution in [3.8, 4) is 17.5 Å². The number of anilines is 1. The number of nitrogens with one attached hydrogen (secondary N) is 1. The van der Waals surface area contributed by atoms with Crippen molar-refractivity contribution in [2.45, 2.75) is 6.04 Å². The molecule has 2 fully saturated rings. The molecule has 0 radical (unpaired) electrons. The van der Waals surface area contributed by atoms with Crippen molar-refractivity contribution in [2.24, 2.45) is 0 Å². The second kappa shape index (κ2) is 5.94. The van der Waals surface area contributed by atoms with Crippen LogP contribution in [-0.2, 0) is 4.79 Å². The van der Waals surface area contributed by atoms with Gasteiger partial charge in [0.25, 0.3) is 0 Å². The normalized spacial score (nSPS) is 21.5. The number of aromatic nitrogens is 3. The Labute approximate surface area is 139 Å². The predicted octanol–water partition coefficient (Wildman–Crippen LogP) is 0.286. The molecule has 1 amide bonds. The van der Waals surface area contributed by atoms with Gasteiger partial charge in [0, 0.05) is 44.1 Å². The predicted molar refractivity (Wildman–Crippen MR) is 86.7 cm³/mol. The molecule has 0 saturated carbocycles. The number of amides is 1. The Bertz CT molecular complexity index is 765. The largest absolute Gasteiger partial charge is 0.307 e. The average Bonchev–Trinajstić information content (AvgIpc) is 3.17. The zero-order valence-electron chi connectivity index (χ0n) is 13.1. The second-order valence-electron chi connectivity index (χ2n) is 5.96. The molecule has 122 valence electrons. The van der Waals surface area contributed by atoms with Gasteiger partial charge in [-0.1, -0.05) is 0 Å². The van der Waals surface area contributed by atoms with E-state index >= 15 is 0 Å². The van der Waals surface area contributed by atoms with Gasteiger partial charge in [0.2, 0.25) is 5.91 Å². The van der Waals surface area contributed by atoms with Crippen LogP contribution in [0.25, 0.3) is 11.3 Å². The maximum Gasteiger partial charge on any atom is 0.247 e. The fourth-order valence-electron chi connectivity index (χ4n) is 3.28. The summed E-state index contributed by atoms with van der Waals surface area (Å²) in [5.74, 6) is 0.667. The molecule has 2 aromatic rings. The quantitative estimate of drug-likeness (QED) is 0.799. The van der Waals surface area contributed by atoms with Gasteiger partial charge < -0.3 is 4.90 Å². The van der Waals surface area contributed by atoms with E-state index in [0.29, 0.717) is 25.5 Å². The van der Waals surface area contributed by atoms with Gasteiger partial charge in [0.05, 0.1) is 12.2 Å². The molecule has 2 saturated heterocycles. The molecule has 2 aliphatic heterocycles. The van der Waals surface area contributed by atoms with E-state index in [-0.39, 0.29) is 11.9 Å². The summed E-state index contributed by atoms with van der Waals surface area (Å²) in [6.45, 7) is 3.33. The minimum atomic E-state index is -0.263. The summed E-state index contributed by atoms with van der Waals surface area (Å²) < 4.78 is 0. The molecule has 0 aliphatic carbocycles. The third-order valence-corrected chi connectivity index (χ3v) is 4.63. The van der Waals surface area contributed by atoms with Crippen molar-refractivity contribution in [1.82, 2.24) is 25.0 Å². The van der Waals surface area contributed by atoms with Gasteiger partial charge in [0.1, 0.15) is 11.9 Å². The molecule has 1 atom stereocenters. The van der Waals surface area contributed by atoms with Crippen LogP contribution in [0.4, 0.5) is 5.82 Å². The number of pyridine rings is 1. The summed E-state index contributed by atoms with van der Waals surface area (Å²) in [6, 6.07) is 5.40. The van der Waals surface area contributed by atoms with Crippen LogP contribution in [0.5, 0.6) is 0 Å². The molecule has 2 aliphatic rings. The molecule has 4 heterocycles. The zero-order valence-corrected chi connectivity index (χ0v) is 13.1. The van der Waals surface area contributed by atoms with Gasteiger partial charge in [-0.05, 0) is 18.2 Å². The van der Waals surface area contributed by atoms with E-state index in [2.05, 4.69) is 26.3 Å². The molecule has 0 bridgehead atoms. The highest BCUT2D eigenvalue weighted by atomic mass is 16.2. The molecule has 24 heavy (non-hydrogen) atoms. The topological polar surface area (TPSA) is 92.2 Å². The third-order valence-electron chi connectivity index (χ3n) is 4.63. The standard InChI is InChI=1S/C16H17N7O/c17-11-21-5-6-22-7-8-23(16(24)14(22)10-21)15-2-1-12(9-18-15)13-3-4-19-20-13/h1-4,9,14H,5-8,10H2,(H,19,20)/t14-/m1/s1. The fourth-order valence-corrected chi connectivity index (χ4v) is 3.28. The molecular weight excluding hydrogens is 306 g/mol. The van der Waals surface area contributed by atoms with Crippen LogP contribution in [0.1, 0.15) is 0 Å². The summed E-state index contributed by atoms with van der Waals surface area (Å²) in [7, 11) is 0. The van der Waals surface area contributed by atoms with Crippen LogP contribution < -0.4 is 4.90 Å². The number of piperazine rings is 2. The van der Waals surface area contributed by atoms with Gasteiger partial charge in [0.15, 0.2) is 6.19 Å². The fraction of sp³-hybridized carbons (Fsp3) is 0.375. The van der Waals surface area contributed by atoms with Crippen LogP contribution in [0.15, 0.2) is 30.6 Å². The van der Waals surface area contributed by atoms with Gasteiger partial charge in [-0.25, -0.2) is 4.98 Å². The number of carbonyl (C=O) groups is 1. The highest BCUT2D eigenvalue weighted by molar-refractivity contribution is 5.97. The van der Waals surface area contributed by atoms with Gasteiger partial charge in [-0.3, -0.25) is 19.7 Å². The van der Waals surface area contributed by atoms with E-state index in [0.717, 1.165) is 24.3 Å². The summed E-state index contributed by atoms with van der Waals surface area (Å²) in [4.78, 5) is 22.8. The van der Waals surface area contributed by atoms with Crippen LogP contribution in [0.2, 0.25) is 0 Å². The van der Waals surface area contributed by atoms with Gasteiger partial charge in [-0.2, -0.15) is 10.4 Å². The highest BCUT2D eigenvalue weighted by Gasteiger charge is 2.39. The Balaban J connectivity index is 1.54. The first-order valence-corrected chi connectivity index (χ1v) is 7.92. The number of nitrogens with zero attached hydrogens (tertiary/aromatic N) is 6. The number of hydrogen-bond donors (Lipinski definition) is 1. The lowest BCUT2D eigenvalue weighted by molar-refractivity contribution is -0.127. The van der Waals surface area contributed by atoms with Gasteiger partial charge >= 0.3 is 0 Å². The zero-order chi connectivity index (χ0) is 16.5. The lowest BCUT2D eigenvalue weighted by Crippen LogP contribution is -2.64. The van der Waals surface area contributed by atoms with Crippen LogP contribution >= 0.6 is 0 Å². The summed E-state index contributed by atoms with van der Waals surface area (Å²) >= 11 is 0. The number of H-pyrrole nitrogens is 1. The lowest BCUT2D eigenvalue weighted by atomic mass is 10.1. The summed E-state index contributed by atoms with van der Waals surface area (Å²) in [5.41, 5.74) is 1.82. The number of carbonyl (C=O) groups excluding carboxylic acids is 1. The SMILES string of the molecule is N#CN1CCN2CCN(c3ccc(-c4ccn[nH]4)cn3)C(=O)[C@H]2C1. The van der Waals surface area contributed by atoms with E-state index in [1.807, 2.05) is 18.2 Å². The Kier molecular flexibility index (Phi) is 3.63. The summed E-state index contributed by atoms with van der Waals surface area (Å²) in [5, 5.41) is 15.9. The Morgan fingerprint density at radius 2 is 2.08 bits per heavy atom. The Morgan fingerprint density at radius 1 is 1.21 bits per heavy atom. The monoisotopic (exact) mass is 323 g/mol. The first kappa shape index (κ1) is 14.7. The second-order valence-corrected chi connectivity index (χ2v) is 5.96. The molecular formula is C16H17N7O. The van der Waals surface area contributed by atoms with Crippen LogP contribution in [0.3, 0.4) is 0 Å². The molecule has 0 aromatic carbocycles.